The van der Waals surface area contributed by atoms with Gasteiger partial charge in [0, 0.05) is 38.6 Å². The van der Waals surface area contributed by atoms with Crippen molar-refractivity contribution in [3.8, 4) is 6.07 Å². The number of hydrogen-bond acceptors (Lipinski definition) is 4. The molecule has 0 aliphatic carbocycles. The van der Waals surface area contributed by atoms with Crippen molar-refractivity contribution < 1.29 is 0 Å². The lowest BCUT2D eigenvalue weighted by Gasteiger charge is -2.16. The zero-order chi connectivity index (χ0) is 12.3. The molecule has 0 saturated heterocycles. The van der Waals surface area contributed by atoms with Crippen molar-refractivity contribution in [2.75, 3.05) is 11.9 Å². The fourth-order valence-electron chi connectivity index (χ4n) is 1.61. The lowest BCUT2D eigenvalue weighted by atomic mass is 10.2. The Labute approximate surface area is 99.9 Å². The van der Waals surface area contributed by atoms with Crippen molar-refractivity contribution in [3.05, 3.63) is 41.9 Å². The molecule has 0 bridgehead atoms. The highest BCUT2D eigenvalue weighted by Crippen LogP contribution is 2.13. The van der Waals surface area contributed by atoms with Crippen LogP contribution in [-0.4, -0.2) is 21.8 Å². The molecular weight excluding hydrogens is 214 g/mol. The van der Waals surface area contributed by atoms with Crippen LogP contribution in [0, 0.1) is 11.3 Å². The summed E-state index contributed by atoms with van der Waals surface area (Å²) in [5.74, 6) is 0.785. The molecular formula is C12H13N5. The maximum Gasteiger partial charge on any atom is 0.129 e. The molecule has 0 N–H and O–H groups in total. The van der Waals surface area contributed by atoms with Crippen molar-refractivity contribution >= 4 is 5.82 Å². The summed E-state index contributed by atoms with van der Waals surface area (Å²) in [6.45, 7) is 0.718. The van der Waals surface area contributed by atoms with Gasteiger partial charge in [-0.2, -0.15) is 10.4 Å². The molecule has 5 nitrogen and oxygen atoms in total. The predicted octanol–water partition coefficient (Wildman–Crippen LogP) is 1.32. The third kappa shape index (κ3) is 2.61. The van der Waals surface area contributed by atoms with E-state index in [1.165, 1.54) is 0 Å². The first-order valence-corrected chi connectivity index (χ1v) is 5.24. The molecule has 17 heavy (non-hydrogen) atoms. The molecule has 2 rings (SSSR count). The van der Waals surface area contributed by atoms with Gasteiger partial charge in [-0.3, -0.25) is 4.68 Å². The van der Waals surface area contributed by atoms with Crippen molar-refractivity contribution in [1.29, 1.82) is 5.26 Å². The van der Waals surface area contributed by atoms with Crippen molar-refractivity contribution in [3.63, 3.8) is 0 Å². The van der Waals surface area contributed by atoms with Crippen molar-refractivity contribution in [2.45, 2.75) is 6.54 Å². The molecule has 0 atom stereocenters. The van der Waals surface area contributed by atoms with Gasteiger partial charge in [-0.1, -0.05) is 0 Å². The summed E-state index contributed by atoms with van der Waals surface area (Å²) in [7, 11) is 3.83. The first-order chi connectivity index (χ1) is 8.19. The highest BCUT2D eigenvalue weighted by molar-refractivity contribution is 5.44. The highest BCUT2D eigenvalue weighted by atomic mass is 15.2. The smallest absolute Gasteiger partial charge is 0.129 e. The molecule has 0 saturated carbocycles. The second-order valence-corrected chi connectivity index (χ2v) is 3.89. The zero-order valence-corrected chi connectivity index (χ0v) is 9.83. The summed E-state index contributed by atoms with van der Waals surface area (Å²) in [5, 5.41) is 12.9. The maximum atomic E-state index is 8.83. The summed E-state index contributed by atoms with van der Waals surface area (Å²) in [5.41, 5.74) is 1.73. The first-order valence-electron chi connectivity index (χ1n) is 5.24. The number of aryl methyl sites for hydroxylation is 1. The molecule has 2 aromatic rings. The van der Waals surface area contributed by atoms with Crippen LogP contribution in [0.3, 0.4) is 0 Å². The van der Waals surface area contributed by atoms with E-state index in [1.54, 1.807) is 23.0 Å². The first kappa shape index (κ1) is 11.1. The standard InChI is InChI=1S/C12H13N5/c1-16(8-11-7-15-17(2)9-11)12-5-10(6-13)3-4-14-12/h3-5,7,9H,8H2,1-2H3. The highest BCUT2D eigenvalue weighted by Gasteiger charge is 2.05. The van der Waals surface area contributed by atoms with Gasteiger partial charge in [0.2, 0.25) is 0 Å². The summed E-state index contributed by atoms with van der Waals surface area (Å²) in [4.78, 5) is 6.22. The summed E-state index contributed by atoms with van der Waals surface area (Å²) in [6.07, 6.45) is 5.43. The van der Waals surface area contributed by atoms with Crippen LogP contribution in [-0.2, 0) is 13.6 Å². The van der Waals surface area contributed by atoms with Gasteiger partial charge in [-0.05, 0) is 12.1 Å². The number of nitriles is 1. The van der Waals surface area contributed by atoms with Gasteiger partial charge in [0.05, 0.1) is 17.8 Å². The molecule has 86 valence electrons. The molecule has 0 aliphatic rings. The van der Waals surface area contributed by atoms with Crippen LogP contribution in [0.1, 0.15) is 11.1 Å². The van der Waals surface area contributed by atoms with Crippen LogP contribution in [0.25, 0.3) is 0 Å². The molecule has 2 heterocycles. The molecule has 0 fully saturated rings. The minimum atomic E-state index is 0.619. The van der Waals surface area contributed by atoms with E-state index in [0.717, 1.165) is 17.9 Å². The van der Waals surface area contributed by atoms with E-state index >= 15 is 0 Å². The van der Waals surface area contributed by atoms with Gasteiger partial charge in [0.25, 0.3) is 0 Å². The topological polar surface area (TPSA) is 57.7 Å². The van der Waals surface area contributed by atoms with Crippen LogP contribution in [0.5, 0.6) is 0 Å². The van der Waals surface area contributed by atoms with E-state index in [2.05, 4.69) is 16.2 Å². The average molecular weight is 227 g/mol. The summed E-state index contributed by atoms with van der Waals surface area (Å²) < 4.78 is 1.77. The van der Waals surface area contributed by atoms with Gasteiger partial charge in [0.15, 0.2) is 0 Å². The van der Waals surface area contributed by atoms with Gasteiger partial charge in [0.1, 0.15) is 5.82 Å². The zero-order valence-electron chi connectivity index (χ0n) is 9.83. The second-order valence-electron chi connectivity index (χ2n) is 3.89. The monoisotopic (exact) mass is 227 g/mol. The fraction of sp³-hybridized carbons (Fsp3) is 0.250. The average Bonchev–Trinajstić information content (AvgIpc) is 2.75. The molecule has 5 heteroatoms. The maximum absolute atomic E-state index is 8.83. The number of nitrogens with zero attached hydrogens (tertiary/aromatic N) is 5. The second kappa shape index (κ2) is 4.66. The molecule has 0 aliphatic heterocycles. The van der Waals surface area contributed by atoms with E-state index in [9.17, 15) is 0 Å². The Hall–Kier alpha value is -2.35. The number of hydrogen-bond donors (Lipinski definition) is 0. The van der Waals surface area contributed by atoms with Gasteiger partial charge in [-0.15, -0.1) is 0 Å². The number of aromatic nitrogens is 3. The lowest BCUT2D eigenvalue weighted by Crippen LogP contribution is -2.17. The predicted molar refractivity (Wildman–Crippen MR) is 64.3 cm³/mol. The SMILES string of the molecule is CN(Cc1cnn(C)c1)c1cc(C#N)ccn1. The Balaban J connectivity index is 2.14. The molecule has 0 unspecified atom stereocenters. The van der Waals surface area contributed by atoms with E-state index in [-0.39, 0.29) is 0 Å². The number of anilines is 1. The Kier molecular flexibility index (Phi) is 3.06. The van der Waals surface area contributed by atoms with E-state index < -0.39 is 0 Å². The van der Waals surface area contributed by atoms with Crippen LogP contribution in [0.2, 0.25) is 0 Å². The van der Waals surface area contributed by atoms with E-state index in [4.69, 9.17) is 5.26 Å². The Morgan fingerprint density at radius 1 is 1.53 bits per heavy atom. The lowest BCUT2D eigenvalue weighted by molar-refractivity contribution is 0.766. The summed E-state index contributed by atoms with van der Waals surface area (Å²) >= 11 is 0. The summed E-state index contributed by atoms with van der Waals surface area (Å²) in [6, 6.07) is 5.58. The number of pyridine rings is 1. The molecule has 2 aromatic heterocycles. The Morgan fingerprint density at radius 2 is 2.35 bits per heavy atom. The van der Waals surface area contributed by atoms with Gasteiger partial charge in [-0.25, -0.2) is 4.98 Å². The van der Waals surface area contributed by atoms with Gasteiger partial charge >= 0.3 is 0 Å². The van der Waals surface area contributed by atoms with Crippen LogP contribution < -0.4 is 4.90 Å². The van der Waals surface area contributed by atoms with Gasteiger partial charge < -0.3 is 4.90 Å². The Morgan fingerprint density at radius 3 is 3.00 bits per heavy atom. The van der Waals surface area contributed by atoms with E-state index in [0.29, 0.717) is 5.56 Å². The minimum absolute atomic E-state index is 0.619. The molecule has 0 amide bonds. The van der Waals surface area contributed by atoms with Crippen molar-refractivity contribution in [1.82, 2.24) is 14.8 Å². The quantitative estimate of drug-likeness (QED) is 0.793. The van der Waals surface area contributed by atoms with Crippen LogP contribution in [0.15, 0.2) is 30.7 Å². The largest absolute Gasteiger partial charge is 0.355 e. The Bertz CT molecular complexity index is 552. The minimum Gasteiger partial charge on any atom is -0.355 e. The van der Waals surface area contributed by atoms with Crippen LogP contribution >= 0.6 is 0 Å². The fourth-order valence-corrected chi connectivity index (χ4v) is 1.61. The normalized spacial score (nSPS) is 9.94. The van der Waals surface area contributed by atoms with E-state index in [1.807, 2.05) is 31.4 Å². The number of rotatable bonds is 3. The third-order valence-corrected chi connectivity index (χ3v) is 2.44. The molecule has 0 spiro atoms. The third-order valence-electron chi connectivity index (χ3n) is 2.44. The molecule has 0 radical (unpaired) electrons. The van der Waals surface area contributed by atoms with Crippen molar-refractivity contribution in [2.24, 2.45) is 7.05 Å². The van der Waals surface area contributed by atoms with Crippen LogP contribution in [0.4, 0.5) is 5.82 Å². The molecule has 0 aromatic carbocycles.